The van der Waals surface area contributed by atoms with E-state index in [1.54, 1.807) is 18.3 Å². The van der Waals surface area contributed by atoms with Crippen LogP contribution < -0.4 is 10.2 Å². The van der Waals surface area contributed by atoms with Crippen molar-refractivity contribution in [1.82, 2.24) is 25.0 Å². The molecule has 0 spiro atoms. The van der Waals surface area contributed by atoms with Crippen LogP contribution in [-0.4, -0.2) is 59.3 Å². The molecule has 2 aromatic rings. The fourth-order valence-corrected chi connectivity index (χ4v) is 2.78. The molecule has 0 saturated carbocycles. The van der Waals surface area contributed by atoms with Crippen LogP contribution in [0.5, 0.6) is 0 Å². The van der Waals surface area contributed by atoms with E-state index in [0.717, 1.165) is 12.2 Å². The summed E-state index contributed by atoms with van der Waals surface area (Å²) in [4.78, 5) is 20.6. The monoisotopic (exact) mass is 339 g/mol. The van der Waals surface area contributed by atoms with Gasteiger partial charge < -0.3 is 15.1 Å². The molecule has 1 aliphatic heterocycles. The molecule has 8 heteroatoms. The minimum atomic E-state index is -0.161. The van der Waals surface area contributed by atoms with E-state index in [-0.39, 0.29) is 5.91 Å². The van der Waals surface area contributed by atoms with E-state index in [2.05, 4.69) is 21.5 Å². The van der Waals surface area contributed by atoms with Crippen molar-refractivity contribution >= 4 is 11.7 Å². The number of hydrogen-bond acceptors (Lipinski definition) is 6. The van der Waals surface area contributed by atoms with Gasteiger partial charge in [0.1, 0.15) is 11.9 Å². The predicted octanol–water partition coefficient (Wildman–Crippen LogP) is 0.461. The van der Waals surface area contributed by atoms with Gasteiger partial charge in [-0.15, -0.1) is 0 Å². The Balaban J connectivity index is 1.71. The van der Waals surface area contributed by atoms with Gasteiger partial charge in [-0.1, -0.05) is 0 Å². The number of fused-ring (bicyclic) bond motifs is 1. The van der Waals surface area contributed by atoms with Crippen LogP contribution in [0.15, 0.2) is 24.4 Å². The lowest BCUT2D eigenvalue weighted by molar-refractivity contribution is 0.0945. The molecule has 0 aliphatic carbocycles. The number of nitrogens with one attached hydrogen (secondary N) is 1. The van der Waals surface area contributed by atoms with Crippen molar-refractivity contribution in [2.45, 2.75) is 13.1 Å². The highest BCUT2D eigenvalue weighted by Gasteiger charge is 2.23. The van der Waals surface area contributed by atoms with Crippen molar-refractivity contribution < 1.29 is 4.79 Å². The molecule has 8 nitrogen and oxygen atoms in total. The minimum Gasteiger partial charge on any atom is -0.349 e. The van der Waals surface area contributed by atoms with Crippen molar-refractivity contribution in [1.29, 1.82) is 5.26 Å². The van der Waals surface area contributed by atoms with Crippen LogP contribution >= 0.6 is 0 Å². The smallest absolute Gasteiger partial charge is 0.271 e. The number of amides is 1. The summed E-state index contributed by atoms with van der Waals surface area (Å²) in [6, 6.07) is 7.51. The molecule has 1 amide bonds. The molecule has 130 valence electrons. The first-order valence-electron chi connectivity index (χ1n) is 8.18. The third-order valence-corrected chi connectivity index (χ3v) is 4.08. The van der Waals surface area contributed by atoms with Crippen LogP contribution in [0.3, 0.4) is 0 Å². The molecule has 0 radical (unpaired) electrons. The number of carbonyl (C=O) groups excluding carboxylic acids is 1. The van der Waals surface area contributed by atoms with Gasteiger partial charge in [0.15, 0.2) is 5.69 Å². The van der Waals surface area contributed by atoms with Gasteiger partial charge in [-0.25, -0.2) is 4.98 Å². The number of pyridine rings is 1. The number of hydrogen-bond donors (Lipinski definition) is 1. The lowest BCUT2D eigenvalue weighted by Gasteiger charge is -2.29. The molecule has 1 aliphatic rings. The van der Waals surface area contributed by atoms with Gasteiger partial charge in [0.2, 0.25) is 0 Å². The van der Waals surface area contributed by atoms with Gasteiger partial charge >= 0.3 is 0 Å². The standard InChI is InChI=1S/C17H21N7O/c1-22(2)7-6-20-17(25)15-10-14-12-23(8-9-24(14)21-15)16-13(11-18)4-3-5-19-16/h3-5,10H,6-9,12H2,1-2H3,(H,20,25). The van der Waals surface area contributed by atoms with E-state index in [9.17, 15) is 10.1 Å². The number of nitrogens with zero attached hydrogens (tertiary/aromatic N) is 6. The largest absolute Gasteiger partial charge is 0.349 e. The van der Waals surface area contributed by atoms with Crippen molar-refractivity contribution in [3.05, 3.63) is 41.3 Å². The van der Waals surface area contributed by atoms with Gasteiger partial charge in [-0.05, 0) is 32.3 Å². The highest BCUT2D eigenvalue weighted by molar-refractivity contribution is 5.92. The number of aromatic nitrogens is 3. The summed E-state index contributed by atoms with van der Waals surface area (Å²) in [6.45, 7) is 3.29. The van der Waals surface area contributed by atoms with Crippen molar-refractivity contribution in [2.75, 3.05) is 38.6 Å². The summed E-state index contributed by atoms with van der Waals surface area (Å²) in [6.07, 6.45) is 1.69. The normalized spacial score (nSPS) is 13.4. The molecule has 0 bridgehead atoms. The Labute approximate surface area is 146 Å². The third-order valence-electron chi connectivity index (χ3n) is 4.08. The number of likely N-dealkylation sites (N-methyl/N-ethyl adjacent to an activating group) is 1. The van der Waals surface area contributed by atoms with E-state index in [1.807, 2.05) is 34.6 Å². The van der Waals surface area contributed by atoms with Crippen molar-refractivity contribution in [3.8, 4) is 6.07 Å². The van der Waals surface area contributed by atoms with Gasteiger partial charge in [0, 0.05) is 25.8 Å². The number of carbonyl (C=O) groups is 1. The van der Waals surface area contributed by atoms with Crippen molar-refractivity contribution in [3.63, 3.8) is 0 Å². The molecular weight excluding hydrogens is 318 g/mol. The molecule has 0 saturated heterocycles. The zero-order valence-electron chi connectivity index (χ0n) is 14.4. The molecule has 3 heterocycles. The second-order valence-corrected chi connectivity index (χ2v) is 6.21. The Bertz CT molecular complexity index is 806. The molecular formula is C17H21N7O. The fraction of sp³-hybridized carbons (Fsp3) is 0.412. The average molecular weight is 339 g/mol. The molecule has 0 unspecified atom stereocenters. The predicted molar refractivity (Wildman–Crippen MR) is 93.1 cm³/mol. The first-order chi connectivity index (χ1) is 12.1. The summed E-state index contributed by atoms with van der Waals surface area (Å²) in [5.41, 5.74) is 1.92. The molecule has 2 aromatic heterocycles. The van der Waals surface area contributed by atoms with Gasteiger partial charge in [-0.2, -0.15) is 10.4 Å². The van der Waals surface area contributed by atoms with Gasteiger partial charge in [-0.3, -0.25) is 9.48 Å². The molecule has 0 aromatic carbocycles. The lowest BCUT2D eigenvalue weighted by Crippen LogP contribution is -2.34. The van der Waals surface area contributed by atoms with E-state index in [0.29, 0.717) is 43.3 Å². The maximum atomic E-state index is 12.2. The Hall–Kier alpha value is -2.92. The summed E-state index contributed by atoms with van der Waals surface area (Å²) < 4.78 is 1.85. The van der Waals surface area contributed by atoms with Crippen LogP contribution in [0.4, 0.5) is 5.82 Å². The Morgan fingerprint density at radius 2 is 2.28 bits per heavy atom. The fourth-order valence-electron chi connectivity index (χ4n) is 2.78. The molecule has 1 N–H and O–H groups in total. The minimum absolute atomic E-state index is 0.161. The van der Waals surface area contributed by atoms with Crippen LogP contribution in [0.2, 0.25) is 0 Å². The van der Waals surface area contributed by atoms with E-state index in [4.69, 9.17) is 0 Å². The first kappa shape index (κ1) is 16.9. The van der Waals surface area contributed by atoms with Crippen LogP contribution in [0.1, 0.15) is 21.7 Å². The highest BCUT2D eigenvalue weighted by atomic mass is 16.1. The SMILES string of the molecule is CN(C)CCNC(=O)c1cc2n(n1)CCN(c1ncccc1C#N)C2. The van der Waals surface area contributed by atoms with Gasteiger partial charge in [0.25, 0.3) is 5.91 Å². The number of nitriles is 1. The molecule has 25 heavy (non-hydrogen) atoms. The van der Waals surface area contributed by atoms with E-state index < -0.39 is 0 Å². The lowest BCUT2D eigenvalue weighted by atomic mass is 10.2. The van der Waals surface area contributed by atoms with Crippen LogP contribution in [0.25, 0.3) is 0 Å². The van der Waals surface area contributed by atoms with Crippen molar-refractivity contribution in [2.24, 2.45) is 0 Å². The average Bonchev–Trinajstić information content (AvgIpc) is 3.04. The quantitative estimate of drug-likeness (QED) is 0.851. The second-order valence-electron chi connectivity index (χ2n) is 6.21. The third kappa shape index (κ3) is 3.78. The molecule has 0 atom stereocenters. The maximum absolute atomic E-state index is 12.2. The van der Waals surface area contributed by atoms with E-state index in [1.165, 1.54) is 0 Å². The topological polar surface area (TPSA) is 90.1 Å². The second kappa shape index (κ2) is 7.32. The van der Waals surface area contributed by atoms with Crippen LogP contribution in [-0.2, 0) is 13.1 Å². The van der Waals surface area contributed by atoms with E-state index >= 15 is 0 Å². The zero-order chi connectivity index (χ0) is 17.8. The number of rotatable bonds is 5. The molecule has 0 fully saturated rings. The summed E-state index contributed by atoms with van der Waals surface area (Å²) in [5, 5.41) is 16.5. The summed E-state index contributed by atoms with van der Waals surface area (Å²) in [5.74, 6) is 0.514. The Morgan fingerprint density at radius 3 is 3.04 bits per heavy atom. The molecule has 3 rings (SSSR count). The van der Waals surface area contributed by atoms with Crippen LogP contribution in [0, 0.1) is 11.3 Å². The Morgan fingerprint density at radius 1 is 1.44 bits per heavy atom. The summed E-state index contributed by atoms with van der Waals surface area (Å²) >= 11 is 0. The number of anilines is 1. The Kier molecular flexibility index (Phi) is 4.95. The highest BCUT2D eigenvalue weighted by Crippen LogP contribution is 2.22. The maximum Gasteiger partial charge on any atom is 0.271 e. The summed E-state index contributed by atoms with van der Waals surface area (Å²) in [7, 11) is 3.92. The van der Waals surface area contributed by atoms with Gasteiger partial charge in [0.05, 0.1) is 24.3 Å². The zero-order valence-corrected chi connectivity index (χ0v) is 14.4. The first-order valence-corrected chi connectivity index (χ1v) is 8.18.